The summed E-state index contributed by atoms with van der Waals surface area (Å²) >= 11 is 0. The van der Waals surface area contributed by atoms with Crippen LogP contribution < -0.4 is 0 Å². The molecule has 0 aliphatic heterocycles. The molecular weight excluding hydrogens is 208 g/mol. The minimum atomic E-state index is -1.09. The Balaban J connectivity index is 4.60. The standard InChI is InChI=1S/C12H22O4/c1-11(2,3)9(13)7-8(10(14)15)16-12(4,5)6/h8H,7H2,1-6H3,(H,14,15). The largest absolute Gasteiger partial charge is 0.479 e. The molecule has 94 valence electrons. The molecule has 0 aliphatic carbocycles. The Hall–Kier alpha value is -0.900. The second kappa shape index (κ2) is 4.95. The van der Waals surface area contributed by atoms with E-state index in [1.165, 1.54) is 0 Å². The summed E-state index contributed by atoms with van der Waals surface area (Å²) in [5, 5.41) is 8.97. The molecule has 0 amide bonds. The predicted molar refractivity (Wildman–Crippen MR) is 61.3 cm³/mol. The van der Waals surface area contributed by atoms with E-state index in [-0.39, 0.29) is 12.2 Å². The minimum absolute atomic E-state index is 0.0872. The average molecular weight is 230 g/mol. The maximum absolute atomic E-state index is 11.7. The molecule has 0 aromatic rings. The summed E-state index contributed by atoms with van der Waals surface area (Å²) in [6.45, 7) is 10.6. The lowest BCUT2D eigenvalue weighted by Crippen LogP contribution is -2.37. The first-order chi connectivity index (χ1) is 6.93. The molecule has 0 bridgehead atoms. The Kier molecular flexibility index (Phi) is 4.68. The minimum Gasteiger partial charge on any atom is -0.479 e. The van der Waals surface area contributed by atoms with Gasteiger partial charge in [0.25, 0.3) is 0 Å². The van der Waals surface area contributed by atoms with Gasteiger partial charge in [-0.15, -0.1) is 0 Å². The van der Waals surface area contributed by atoms with Gasteiger partial charge in [0.1, 0.15) is 5.78 Å². The first-order valence-corrected chi connectivity index (χ1v) is 5.37. The maximum atomic E-state index is 11.7. The molecule has 4 nitrogen and oxygen atoms in total. The van der Waals surface area contributed by atoms with Crippen LogP contribution in [0.4, 0.5) is 0 Å². The molecule has 0 aliphatic rings. The topological polar surface area (TPSA) is 63.6 Å². The van der Waals surface area contributed by atoms with Crippen molar-refractivity contribution >= 4 is 11.8 Å². The summed E-state index contributed by atoms with van der Waals surface area (Å²) in [6.07, 6.45) is -1.15. The van der Waals surface area contributed by atoms with Crippen molar-refractivity contribution in [1.82, 2.24) is 0 Å². The molecule has 0 saturated heterocycles. The van der Waals surface area contributed by atoms with Gasteiger partial charge in [0.15, 0.2) is 6.10 Å². The van der Waals surface area contributed by atoms with E-state index in [1.54, 1.807) is 41.5 Å². The Labute approximate surface area is 97.0 Å². The summed E-state index contributed by atoms with van der Waals surface area (Å²) < 4.78 is 5.34. The van der Waals surface area contributed by atoms with E-state index in [1.807, 2.05) is 0 Å². The number of ketones is 1. The van der Waals surface area contributed by atoms with E-state index < -0.39 is 23.1 Å². The highest BCUT2D eigenvalue weighted by atomic mass is 16.5. The normalized spacial score (nSPS) is 14.6. The van der Waals surface area contributed by atoms with Crippen LogP contribution in [-0.2, 0) is 14.3 Å². The first kappa shape index (κ1) is 15.1. The van der Waals surface area contributed by atoms with Crippen LogP contribution >= 0.6 is 0 Å². The molecule has 0 heterocycles. The van der Waals surface area contributed by atoms with Gasteiger partial charge in [0.2, 0.25) is 0 Å². The quantitative estimate of drug-likeness (QED) is 0.804. The van der Waals surface area contributed by atoms with E-state index in [4.69, 9.17) is 9.84 Å². The Morgan fingerprint density at radius 3 is 1.81 bits per heavy atom. The number of hydrogen-bond donors (Lipinski definition) is 1. The number of aliphatic carboxylic acids is 1. The number of ether oxygens (including phenoxy) is 1. The molecule has 4 heteroatoms. The van der Waals surface area contributed by atoms with Gasteiger partial charge in [-0.2, -0.15) is 0 Å². The highest BCUT2D eigenvalue weighted by molar-refractivity contribution is 5.88. The molecule has 0 rings (SSSR count). The van der Waals surface area contributed by atoms with Gasteiger partial charge in [-0.1, -0.05) is 20.8 Å². The van der Waals surface area contributed by atoms with Crippen LogP contribution in [0.5, 0.6) is 0 Å². The lowest BCUT2D eigenvalue weighted by atomic mass is 9.87. The lowest BCUT2D eigenvalue weighted by Gasteiger charge is -2.26. The molecular formula is C12H22O4. The van der Waals surface area contributed by atoms with Gasteiger partial charge >= 0.3 is 5.97 Å². The zero-order chi connectivity index (χ0) is 13.1. The second-order valence-corrected chi connectivity index (χ2v) is 5.93. The number of Topliss-reactive ketones (excluding diaryl/α,β-unsaturated/α-hetero) is 1. The molecule has 1 unspecified atom stereocenters. The summed E-state index contributed by atoms with van der Waals surface area (Å²) in [5.74, 6) is -1.20. The van der Waals surface area contributed by atoms with Crippen molar-refractivity contribution in [2.75, 3.05) is 0 Å². The number of carbonyl (C=O) groups is 2. The molecule has 1 N–H and O–H groups in total. The van der Waals surface area contributed by atoms with Gasteiger partial charge in [0.05, 0.1) is 5.60 Å². The number of carboxylic acid groups (broad SMARTS) is 1. The Morgan fingerprint density at radius 1 is 1.12 bits per heavy atom. The molecule has 0 saturated carbocycles. The van der Waals surface area contributed by atoms with Gasteiger partial charge < -0.3 is 9.84 Å². The third kappa shape index (κ3) is 5.85. The van der Waals surface area contributed by atoms with Crippen LogP contribution in [0.25, 0.3) is 0 Å². The van der Waals surface area contributed by atoms with Crippen molar-refractivity contribution in [3.63, 3.8) is 0 Å². The van der Waals surface area contributed by atoms with E-state index in [0.29, 0.717) is 0 Å². The van der Waals surface area contributed by atoms with E-state index in [0.717, 1.165) is 0 Å². The summed E-state index contributed by atoms with van der Waals surface area (Å²) in [4.78, 5) is 22.7. The molecule has 0 radical (unpaired) electrons. The van der Waals surface area contributed by atoms with E-state index in [9.17, 15) is 9.59 Å². The maximum Gasteiger partial charge on any atom is 0.333 e. The highest BCUT2D eigenvalue weighted by Crippen LogP contribution is 2.21. The molecule has 0 fully saturated rings. The number of carboxylic acids is 1. The summed E-state index contributed by atoms with van der Waals surface area (Å²) in [5.41, 5.74) is -1.10. The Morgan fingerprint density at radius 2 is 1.56 bits per heavy atom. The molecule has 0 spiro atoms. The van der Waals surface area contributed by atoms with Crippen LogP contribution in [0.15, 0.2) is 0 Å². The third-order valence-corrected chi connectivity index (χ3v) is 1.98. The van der Waals surface area contributed by atoms with Crippen molar-refractivity contribution in [2.45, 2.75) is 59.7 Å². The average Bonchev–Trinajstić information content (AvgIpc) is 1.98. The van der Waals surface area contributed by atoms with E-state index >= 15 is 0 Å². The van der Waals surface area contributed by atoms with Gasteiger partial charge in [-0.3, -0.25) is 4.79 Å². The van der Waals surface area contributed by atoms with Crippen LogP contribution in [0.3, 0.4) is 0 Å². The fraction of sp³-hybridized carbons (Fsp3) is 0.833. The fourth-order valence-electron chi connectivity index (χ4n) is 1.08. The van der Waals surface area contributed by atoms with Crippen molar-refractivity contribution in [2.24, 2.45) is 5.41 Å². The molecule has 0 aromatic heterocycles. The summed E-state index contributed by atoms with van der Waals surface area (Å²) in [7, 11) is 0. The van der Waals surface area contributed by atoms with Gasteiger partial charge in [-0.05, 0) is 20.8 Å². The van der Waals surface area contributed by atoms with E-state index in [2.05, 4.69) is 0 Å². The van der Waals surface area contributed by atoms with Crippen LogP contribution in [-0.4, -0.2) is 28.6 Å². The molecule has 16 heavy (non-hydrogen) atoms. The predicted octanol–water partition coefficient (Wildman–Crippen LogP) is 2.26. The number of carbonyl (C=O) groups excluding carboxylic acids is 1. The van der Waals surface area contributed by atoms with Crippen molar-refractivity contribution in [1.29, 1.82) is 0 Å². The van der Waals surface area contributed by atoms with Crippen LogP contribution in [0.1, 0.15) is 48.0 Å². The highest BCUT2D eigenvalue weighted by Gasteiger charge is 2.31. The van der Waals surface area contributed by atoms with Crippen molar-refractivity contribution in [3.8, 4) is 0 Å². The van der Waals surface area contributed by atoms with Crippen molar-refractivity contribution in [3.05, 3.63) is 0 Å². The molecule has 1 atom stereocenters. The number of rotatable bonds is 4. The van der Waals surface area contributed by atoms with Gasteiger partial charge in [-0.25, -0.2) is 4.79 Å². The number of hydrogen-bond acceptors (Lipinski definition) is 3. The lowest BCUT2D eigenvalue weighted by molar-refractivity contribution is -0.163. The van der Waals surface area contributed by atoms with Gasteiger partial charge in [0, 0.05) is 11.8 Å². The third-order valence-electron chi connectivity index (χ3n) is 1.98. The zero-order valence-electron chi connectivity index (χ0n) is 11.0. The zero-order valence-corrected chi connectivity index (χ0v) is 11.0. The Bertz CT molecular complexity index is 268. The van der Waals surface area contributed by atoms with Crippen LogP contribution in [0.2, 0.25) is 0 Å². The monoisotopic (exact) mass is 230 g/mol. The first-order valence-electron chi connectivity index (χ1n) is 5.37. The van der Waals surface area contributed by atoms with Crippen LogP contribution in [0, 0.1) is 5.41 Å². The SMILES string of the molecule is CC(C)(C)OC(CC(=O)C(C)(C)C)C(=O)O. The smallest absolute Gasteiger partial charge is 0.333 e. The second-order valence-electron chi connectivity index (χ2n) is 5.93. The van der Waals surface area contributed by atoms with Crippen molar-refractivity contribution < 1.29 is 19.4 Å². The fourth-order valence-corrected chi connectivity index (χ4v) is 1.08. The summed E-state index contributed by atoms with van der Waals surface area (Å²) in [6, 6.07) is 0. The molecule has 0 aromatic carbocycles.